The van der Waals surface area contributed by atoms with Crippen molar-refractivity contribution >= 4 is 17.3 Å². The van der Waals surface area contributed by atoms with Gasteiger partial charge in [0.2, 0.25) is 5.95 Å². The molecule has 2 saturated heterocycles. The SMILES string of the molecule is CN(CCC1=CCc2ccccc21)CC1CCN(c2ncc(C(=O)COC3CCCCO3)cn2)CC1. The standard InChI is InChI=1S/C29H38N4O3/c1-32(14-13-24-10-9-23-6-2-3-7-26(23)24)20-22-11-15-33(16-12-22)29-30-18-25(19-31-29)27(34)21-36-28-8-4-5-17-35-28/h2-3,6-7,10,18-19,22,28H,4-5,8-9,11-17,20-21H2,1H3. The number of piperidine rings is 1. The van der Waals surface area contributed by atoms with E-state index in [1.807, 2.05) is 0 Å². The summed E-state index contributed by atoms with van der Waals surface area (Å²) in [5.41, 5.74) is 4.90. The highest BCUT2D eigenvalue weighted by atomic mass is 16.7. The van der Waals surface area contributed by atoms with E-state index in [1.54, 1.807) is 12.4 Å². The Balaban J connectivity index is 1.02. The van der Waals surface area contributed by atoms with Crippen LogP contribution in [0.25, 0.3) is 5.57 Å². The molecule has 3 heterocycles. The molecule has 0 saturated carbocycles. The minimum atomic E-state index is -0.264. The van der Waals surface area contributed by atoms with Crippen LogP contribution in [0.5, 0.6) is 0 Å². The number of benzene rings is 1. The van der Waals surface area contributed by atoms with E-state index in [4.69, 9.17) is 9.47 Å². The summed E-state index contributed by atoms with van der Waals surface area (Å²) in [6, 6.07) is 8.78. The number of aromatic nitrogens is 2. The molecule has 0 bridgehead atoms. The second-order valence-electron chi connectivity index (χ2n) is 10.3. The lowest BCUT2D eigenvalue weighted by Gasteiger charge is -2.34. The molecule has 192 valence electrons. The fourth-order valence-corrected chi connectivity index (χ4v) is 5.47. The summed E-state index contributed by atoms with van der Waals surface area (Å²) in [5.74, 6) is 1.30. The van der Waals surface area contributed by atoms with E-state index < -0.39 is 0 Å². The van der Waals surface area contributed by atoms with Gasteiger partial charge in [-0.2, -0.15) is 0 Å². The second kappa shape index (κ2) is 12.1. The normalized spacial score (nSPS) is 20.4. The number of Topliss-reactive ketones (excluding diaryl/α,β-unsaturated/α-hetero) is 1. The van der Waals surface area contributed by atoms with Crippen molar-refractivity contribution in [2.75, 3.05) is 51.3 Å². The van der Waals surface area contributed by atoms with Crippen molar-refractivity contribution in [3.8, 4) is 0 Å². The average molecular weight is 491 g/mol. The van der Waals surface area contributed by atoms with Gasteiger partial charge in [-0.15, -0.1) is 0 Å². The molecule has 2 fully saturated rings. The lowest BCUT2D eigenvalue weighted by atomic mass is 9.96. The molecule has 0 radical (unpaired) electrons. The number of nitrogens with zero attached hydrogens (tertiary/aromatic N) is 4. The van der Waals surface area contributed by atoms with E-state index in [2.05, 4.69) is 57.2 Å². The zero-order chi connectivity index (χ0) is 24.7. The van der Waals surface area contributed by atoms with Crippen LogP contribution in [0.2, 0.25) is 0 Å². The van der Waals surface area contributed by atoms with Crippen LogP contribution in [0.4, 0.5) is 5.95 Å². The number of ether oxygens (including phenoxy) is 2. The van der Waals surface area contributed by atoms with Crippen molar-refractivity contribution in [3.05, 3.63) is 59.4 Å². The molecular weight excluding hydrogens is 452 g/mol. The first-order chi connectivity index (χ1) is 17.7. The van der Waals surface area contributed by atoms with Gasteiger partial charge in [0.15, 0.2) is 12.1 Å². The van der Waals surface area contributed by atoms with E-state index in [9.17, 15) is 4.79 Å². The molecule has 7 heteroatoms. The van der Waals surface area contributed by atoms with Crippen molar-refractivity contribution in [1.29, 1.82) is 0 Å². The molecule has 1 aromatic carbocycles. The smallest absolute Gasteiger partial charge is 0.225 e. The van der Waals surface area contributed by atoms with Gasteiger partial charge in [-0.25, -0.2) is 9.97 Å². The molecule has 1 aliphatic carbocycles. The molecule has 2 aliphatic heterocycles. The number of ketones is 1. The lowest BCUT2D eigenvalue weighted by Crippen LogP contribution is -2.38. The molecule has 36 heavy (non-hydrogen) atoms. The Morgan fingerprint density at radius 3 is 2.72 bits per heavy atom. The summed E-state index contributed by atoms with van der Waals surface area (Å²) in [4.78, 5) is 26.1. The molecule has 1 unspecified atom stereocenters. The van der Waals surface area contributed by atoms with Crippen molar-refractivity contribution in [3.63, 3.8) is 0 Å². The Bertz CT molecular complexity index is 1040. The number of rotatable bonds is 10. The molecule has 0 N–H and O–H groups in total. The van der Waals surface area contributed by atoms with E-state index in [0.717, 1.165) is 71.1 Å². The second-order valence-corrected chi connectivity index (χ2v) is 10.3. The van der Waals surface area contributed by atoms with Gasteiger partial charge in [-0.3, -0.25) is 4.79 Å². The number of hydrogen-bond acceptors (Lipinski definition) is 7. The highest BCUT2D eigenvalue weighted by Crippen LogP contribution is 2.30. The van der Waals surface area contributed by atoms with Crippen LogP contribution in [-0.2, 0) is 15.9 Å². The predicted molar refractivity (Wildman–Crippen MR) is 141 cm³/mol. The Kier molecular flexibility index (Phi) is 8.41. The van der Waals surface area contributed by atoms with E-state index >= 15 is 0 Å². The molecule has 0 spiro atoms. The third-order valence-corrected chi connectivity index (χ3v) is 7.66. The number of fused-ring (bicyclic) bond motifs is 1. The maximum Gasteiger partial charge on any atom is 0.225 e. The van der Waals surface area contributed by atoms with Crippen LogP contribution in [0.3, 0.4) is 0 Å². The lowest BCUT2D eigenvalue weighted by molar-refractivity contribution is -0.155. The highest BCUT2D eigenvalue weighted by molar-refractivity contribution is 5.96. The van der Waals surface area contributed by atoms with Gasteiger partial charge >= 0.3 is 0 Å². The van der Waals surface area contributed by atoms with Crippen molar-refractivity contribution < 1.29 is 14.3 Å². The molecule has 3 aliphatic rings. The summed E-state index contributed by atoms with van der Waals surface area (Å²) in [6.45, 7) is 4.84. The van der Waals surface area contributed by atoms with E-state index in [0.29, 0.717) is 24.0 Å². The third kappa shape index (κ3) is 6.38. The van der Waals surface area contributed by atoms with Crippen molar-refractivity contribution in [1.82, 2.24) is 14.9 Å². The molecule has 1 aromatic heterocycles. The van der Waals surface area contributed by atoms with Crippen LogP contribution in [0, 0.1) is 5.92 Å². The summed E-state index contributed by atoms with van der Waals surface area (Å²) in [7, 11) is 2.25. The van der Waals surface area contributed by atoms with Gasteiger partial charge < -0.3 is 19.3 Å². The first-order valence-corrected chi connectivity index (χ1v) is 13.4. The van der Waals surface area contributed by atoms with Crippen LogP contribution in [0.1, 0.15) is 60.0 Å². The summed E-state index contributed by atoms with van der Waals surface area (Å²) >= 11 is 0. The van der Waals surface area contributed by atoms with Gasteiger partial charge in [0.25, 0.3) is 0 Å². The Morgan fingerprint density at radius 1 is 1.14 bits per heavy atom. The summed E-state index contributed by atoms with van der Waals surface area (Å²) < 4.78 is 11.1. The predicted octanol–water partition coefficient (Wildman–Crippen LogP) is 4.38. The monoisotopic (exact) mass is 490 g/mol. The zero-order valence-electron chi connectivity index (χ0n) is 21.4. The first kappa shape index (κ1) is 25.1. The summed E-state index contributed by atoms with van der Waals surface area (Å²) in [6.07, 6.45) is 12.8. The highest BCUT2D eigenvalue weighted by Gasteiger charge is 2.23. The number of hydrogen-bond donors (Lipinski definition) is 0. The minimum Gasteiger partial charge on any atom is -0.353 e. The van der Waals surface area contributed by atoms with Crippen LogP contribution >= 0.6 is 0 Å². The van der Waals surface area contributed by atoms with E-state index in [-0.39, 0.29) is 18.7 Å². The number of carbonyl (C=O) groups excluding carboxylic acids is 1. The topological polar surface area (TPSA) is 67.8 Å². The van der Waals surface area contributed by atoms with Crippen LogP contribution in [-0.4, -0.2) is 73.4 Å². The largest absolute Gasteiger partial charge is 0.353 e. The molecule has 2 aromatic rings. The van der Waals surface area contributed by atoms with Crippen LogP contribution < -0.4 is 4.90 Å². The molecule has 1 atom stereocenters. The van der Waals surface area contributed by atoms with Gasteiger partial charge in [0.05, 0.1) is 5.56 Å². The minimum absolute atomic E-state index is 0.0100. The van der Waals surface area contributed by atoms with Crippen molar-refractivity contribution in [2.24, 2.45) is 5.92 Å². The number of anilines is 1. The van der Waals surface area contributed by atoms with Gasteiger partial charge in [-0.1, -0.05) is 30.3 Å². The van der Waals surface area contributed by atoms with E-state index in [1.165, 1.54) is 16.7 Å². The maximum atomic E-state index is 12.4. The Hall–Kier alpha value is -2.61. The van der Waals surface area contributed by atoms with Crippen LogP contribution in [0.15, 0.2) is 42.7 Å². The number of carbonyl (C=O) groups is 1. The fourth-order valence-electron chi connectivity index (χ4n) is 5.47. The van der Waals surface area contributed by atoms with Gasteiger partial charge in [0, 0.05) is 45.2 Å². The molecular formula is C29H38N4O3. The molecule has 0 amide bonds. The third-order valence-electron chi connectivity index (χ3n) is 7.66. The quantitative estimate of drug-likeness (QED) is 0.458. The number of allylic oxidation sites excluding steroid dienone is 1. The van der Waals surface area contributed by atoms with Gasteiger partial charge in [0.1, 0.15) is 6.61 Å². The Morgan fingerprint density at radius 2 is 1.94 bits per heavy atom. The first-order valence-electron chi connectivity index (χ1n) is 13.4. The maximum absolute atomic E-state index is 12.4. The fraction of sp³-hybridized carbons (Fsp3) is 0.552. The average Bonchev–Trinajstić information content (AvgIpc) is 3.35. The summed E-state index contributed by atoms with van der Waals surface area (Å²) in [5, 5.41) is 0. The van der Waals surface area contributed by atoms with Crippen molar-refractivity contribution in [2.45, 2.75) is 51.2 Å². The zero-order valence-corrected chi connectivity index (χ0v) is 21.4. The van der Waals surface area contributed by atoms with Gasteiger partial charge in [-0.05, 0) is 74.6 Å². The Labute approximate surface area is 214 Å². The molecule has 7 nitrogen and oxygen atoms in total. The molecule has 5 rings (SSSR count).